The summed E-state index contributed by atoms with van der Waals surface area (Å²) in [6.07, 6.45) is 6.97. The minimum Gasteiger partial charge on any atom is -0.321 e. The summed E-state index contributed by atoms with van der Waals surface area (Å²) in [5, 5.41) is 15.0. The predicted octanol–water partition coefficient (Wildman–Crippen LogP) is 4.09. The number of fused-ring (bicyclic) bond motifs is 2. The lowest BCUT2D eigenvalue weighted by molar-refractivity contribution is 0.628. The maximum Gasteiger partial charge on any atom is 0.161 e. The SMILES string of the molecule is Fc1cccc(-c2ccnc3[nH]c(-c4n[nH]c5ncc(-c6cn[nH]c6)cc45)nc23)c1. The smallest absolute Gasteiger partial charge is 0.161 e. The molecule has 5 aromatic heterocycles. The topological polar surface area (TPSA) is 112 Å². The van der Waals surface area contributed by atoms with E-state index in [-0.39, 0.29) is 5.82 Å². The minimum absolute atomic E-state index is 0.302. The molecule has 0 spiro atoms. The maximum absolute atomic E-state index is 13.7. The van der Waals surface area contributed by atoms with Crippen molar-refractivity contribution in [3.8, 4) is 33.8 Å². The third kappa shape index (κ3) is 2.56. The molecule has 3 N–H and O–H groups in total. The molecule has 0 amide bonds. The quantitative estimate of drug-likeness (QED) is 0.417. The zero-order valence-electron chi connectivity index (χ0n) is 15.4. The molecule has 0 unspecified atom stereocenters. The van der Waals surface area contributed by atoms with Crippen LogP contribution in [0.2, 0.25) is 0 Å². The van der Waals surface area contributed by atoms with Crippen molar-refractivity contribution in [2.75, 3.05) is 0 Å². The van der Waals surface area contributed by atoms with Crippen molar-refractivity contribution in [1.82, 2.24) is 40.3 Å². The van der Waals surface area contributed by atoms with Crippen LogP contribution in [0.15, 0.2) is 61.2 Å². The monoisotopic (exact) mass is 396 g/mol. The second-order valence-electron chi connectivity index (χ2n) is 6.83. The average molecular weight is 396 g/mol. The van der Waals surface area contributed by atoms with Crippen molar-refractivity contribution < 1.29 is 4.39 Å². The summed E-state index contributed by atoms with van der Waals surface area (Å²) in [7, 11) is 0. The molecule has 0 bridgehead atoms. The Balaban J connectivity index is 1.53. The number of benzene rings is 1. The van der Waals surface area contributed by atoms with Crippen LogP contribution in [0.1, 0.15) is 0 Å². The van der Waals surface area contributed by atoms with Crippen LogP contribution < -0.4 is 0 Å². The van der Waals surface area contributed by atoms with E-state index in [0.29, 0.717) is 28.3 Å². The third-order valence-corrected chi connectivity index (χ3v) is 4.99. The van der Waals surface area contributed by atoms with Crippen LogP contribution in [0.25, 0.3) is 56.0 Å². The van der Waals surface area contributed by atoms with Gasteiger partial charge in [-0.3, -0.25) is 10.2 Å². The molecule has 0 aliphatic rings. The molecule has 6 aromatic rings. The van der Waals surface area contributed by atoms with Crippen molar-refractivity contribution in [1.29, 1.82) is 0 Å². The van der Waals surface area contributed by atoms with Crippen molar-refractivity contribution >= 4 is 22.2 Å². The van der Waals surface area contributed by atoms with Crippen LogP contribution in [0.4, 0.5) is 4.39 Å². The number of hydrogen-bond acceptors (Lipinski definition) is 5. The molecule has 0 aliphatic heterocycles. The van der Waals surface area contributed by atoms with Gasteiger partial charge in [-0.15, -0.1) is 0 Å². The van der Waals surface area contributed by atoms with Crippen LogP contribution >= 0.6 is 0 Å². The number of imidazole rings is 1. The zero-order valence-corrected chi connectivity index (χ0v) is 15.4. The van der Waals surface area contributed by atoms with Crippen molar-refractivity contribution in [2.45, 2.75) is 0 Å². The van der Waals surface area contributed by atoms with Crippen LogP contribution in [0.5, 0.6) is 0 Å². The molecule has 6 rings (SSSR count). The molecule has 8 nitrogen and oxygen atoms in total. The van der Waals surface area contributed by atoms with E-state index in [1.165, 1.54) is 12.1 Å². The van der Waals surface area contributed by atoms with E-state index in [1.54, 1.807) is 30.9 Å². The highest BCUT2D eigenvalue weighted by Gasteiger charge is 2.17. The van der Waals surface area contributed by atoms with Gasteiger partial charge in [-0.1, -0.05) is 12.1 Å². The fourth-order valence-electron chi connectivity index (χ4n) is 3.56. The summed E-state index contributed by atoms with van der Waals surface area (Å²) in [6, 6.07) is 10.2. The number of halogens is 1. The van der Waals surface area contributed by atoms with Gasteiger partial charge in [0.1, 0.15) is 17.0 Å². The first kappa shape index (κ1) is 16.5. The van der Waals surface area contributed by atoms with Gasteiger partial charge in [0.15, 0.2) is 17.1 Å². The van der Waals surface area contributed by atoms with Crippen molar-refractivity contribution in [3.63, 3.8) is 0 Å². The Morgan fingerprint density at radius 3 is 2.73 bits per heavy atom. The summed E-state index contributed by atoms with van der Waals surface area (Å²) in [6.45, 7) is 0. The highest BCUT2D eigenvalue weighted by Crippen LogP contribution is 2.31. The molecule has 0 atom stereocenters. The van der Waals surface area contributed by atoms with Crippen LogP contribution in [-0.2, 0) is 0 Å². The fraction of sp³-hybridized carbons (Fsp3) is 0. The summed E-state index contributed by atoms with van der Waals surface area (Å²) in [4.78, 5) is 16.8. The number of nitrogens with zero attached hydrogens (tertiary/aromatic N) is 5. The van der Waals surface area contributed by atoms with E-state index in [1.807, 2.05) is 18.2 Å². The zero-order chi connectivity index (χ0) is 20.1. The first-order valence-electron chi connectivity index (χ1n) is 9.20. The Hall–Kier alpha value is -4.40. The first-order chi connectivity index (χ1) is 14.8. The summed E-state index contributed by atoms with van der Waals surface area (Å²) < 4.78 is 13.7. The standard InChI is InChI=1S/C21H13FN8/c22-14-3-1-2-11(6-14)15-4-5-23-20-17(15)27-21(28-20)18-16-7-12(13-9-25-26-10-13)8-24-19(16)30-29-18/h1-10H,(H,25,26)(H,23,27,28)(H,24,29,30). The molecule has 1 aromatic carbocycles. The number of rotatable bonds is 3. The second kappa shape index (κ2) is 6.31. The molecule has 9 heteroatoms. The Morgan fingerprint density at radius 2 is 1.87 bits per heavy atom. The summed E-state index contributed by atoms with van der Waals surface area (Å²) >= 11 is 0. The first-order valence-corrected chi connectivity index (χ1v) is 9.20. The number of aromatic amines is 3. The summed E-state index contributed by atoms with van der Waals surface area (Å²) in [5.74, 6) is 0.253. The van der Waals surface area contributed by atoms with Gasteiger partial charge in [0.2, 0.25) is 0 Å². The van der Waals surface area contributed by atoms with Gasteiger partial charge in [-0.05, 0) is 29.8 Å². The Kier molecular flexibility index (Phi) is 3.48. The van der Waals surface area contributed by atoms with Crippen LogP contribution in [-0.4, -0.2) is 40.3 Å². The van der Waals surface area contributed by atoms with E-state index >= 15 is 0 Å². The molecule has 0 radical (unpaired) electrons. The average Bonchev–Trinajstić information content (AvgIpc) is 3.51. The Morgan fingerprint density at radius 1 is 0.900 bits per heavy atom. The number of pyridine rings is 2. The largest absolute Gasteiger partial charge is 0.321 e. The van der Waals surface area contributed by atoms with Gasteiger partial charge < -0.3 is 4.98 Å². The van der Waals surface area contributed by atoms with Crippen molar-refractivity contribution in [2.24, 2.45) is 0 Å². The van der Waals surface area contributed by atoms with Crippen molar-refractivity contribution in [3.05, 3.63) is 67.0 Å². The summed E-state index contributed by atoms with van der Waals surface area (Å²) in [5.41, 5.74) is 5.89. The number of hydrogen-bond donors (Lipinski definition) is 3. The minimum atomic E-state index is -0.302. The van der Waals surface area contributed by atoms with E-state index in [9.17, 15) is 4.39 Å². The third-order valence-electron chi connectivity index (χ3n) is 4.99. The second-order valence-corrected chi connectivity index (χ2v) is 6.83. The molecule has 144 valence electrons. The van der Waals surface area contributed by atoms with Gasteiger partial charge in [0, 0.05) is 35.3 Å². The number of nitrogens with one attached hydrogen (secondary N) is 3. The lowest BCUT2D eigenvalue weighted by atomic mass is 10.1. The van der Waals surface area contributed by atoms with Gasteiger partial charge >= 0.3 is 0 Å². The Labute approximate surface area is 168 Å². The van der Waals surface area contributed by atoms with E-state index in [4.69, 9.17) is 4.98 Å². The molecule has 5 heterocycles. The normalized spacial score (nSPS) is 11.5. The van der Waals surface area contributed by atoms with Gasteiger partial charge in [-0.2, -0.15) is 10.2 Å². The molecule has 0 aliphatic carbocycles. The van der Waals surface area contributed by atoms with Gasteiger partial charge in [0.05, 0.1) is 11.6 Å². The van der Waals surface area contributed by atoms with Crippen LogP contribution in [0, 0.1) is 5.82 Å². The molecule has 30 heavy (non-hydrogen) atoms. The van der Waals surface area contributed by atoms with Gasteiger partial charge in [0.25, 0.3) is 0 Å². The highest BCUT2D eigenvalue weighted by molar-refractivity contribution is 5.96. The number of H-pyrrole nitrogens is 3. The predicted molar refractivity (Wildman–Crippen MR) is 110 cm³/mol. The molecule has 0 fully saturated rings. The van der Waals surface area contributed by atoms with E-state index < -0.39 is 0 Å². The van der Waals surface area contributed by atoms with E-state index in [2.05, 4.69) is 35.3 Å². The molecule has 0 saturated heterocycles. The Bertz CT molecular complexity index is 1510. The molecular formula is C21H13FN8. The highest BCUT2D eigenvalue weighted by atomic mass is 19.1. The van der Waals surface area contributed by atoms with E-state index in [0.717, 1.165) is 27.6 Å². The number of aromatic nitrogens is 8. The molecular weight excluding hydrogens is 383 g/mol. The van der Waals surface area contributed by atoms with Crippen LogP contribution in [0.3, 0.4) is 0 Å². The molecule has 0 saturated carbocycles. The maximum atomic E-state index is 13.7. The van der Waals surface area contributed by atoms with Gasteiger partial charge in [-0.25, -0.2) is 19.3 Å². The lowest BCUT2D eigenvalue weighted by Crippen LogP contribution is -1.84. The lowest BCUT2D eigenvalue weighted by Gasteiger charge is -2.01. The fourth-order valence-corrected chi connectivity index (χ4v) is 3.56.